The van der Waals surface area contributed by atoms with E-state index in [9.17, 15) is 24.0 Å². The monoisotopic (exact) mass is 519 g/mol. The molecule has 0 aliphatic carbocycles. The first-order valence-electron chi connectivity index (χ1n) is 12.2. The third kappa shape index (κ3) is 10.5. The first-order chi connectivity index (χ1) is 17.1. The minimum absolute atomic E-state index is 0.0409. The van der Waals surface area contributed by atoms with Crippen LogP contribution >= 0.6 is 0 Å². The van der Waals surface area contributed by atoms with Gasteiger partial charge in [0, 0.05) is 7.05 Å². The Kier molecular flexibility index (Phi) is 11.6. The molecule has 11 heteroatoms. The van der Waals surface area contributed by atoms with Crippen molar-refractivity contribution in [1.82, 2.24) is 26.6 Å². The summed E-state index contributed by atoms with van der Waals surface area (Å²) in [6, 6.07) is 7.16. The zero-order valence-corrected chi connectivity index (χ0v) is 23.0. The quantitative estimate of drug-likeness (QED) is 0.281. The van der Waals surface area contributed by atoms with E-state index < -0.39 is 47.0 Å². The maximum atomic E-state index is 12.9. The van der Waals surface area contributed by atoms with Gasteiger partial charge in [-0.1, -0.05) is 44.2 Å². The molecule has 0 spiro atoms. The van der Waals surface area contributed by atoms with Gasteiger partial charge in [-0.15, -0.1) is 0 Å². The average Bonchev–Trinajstić information content (AvgIpc) is 2.81. The molecule has 0 aromatic heterocycles. The van der Waals surface area contributed by atoms with Gasteiger partial charge in [0.2, 0.25) is 23.6 Å². The van der Waals surface area contributed by atoms with Gasteiger partial charge in [-0.2, -0.15) is 0 Å². The molecule has 1 aromatic rings. The van der Waals surface area contributed by atoms with Crippen LogP contribution in [0.2, 0.25) is 0 Å². The third-order valence-electron chi connectivity index (χ3n) is 5.51. The molecule has 0 saturated heterocycles. The maximum Gasteiger partial charge on any atom is 0.408 e. The fourth-order valence-electron chi connectivity index (χ4n) is 3.28. The molecule has 1 rings (SSSR count). The van der Waals surface area contributed by atoms with Crippen LogP contribution in [0.1, 0.15) is 60.5 Å². The fraction of sp³-hybridized carbons (Fsp3) is 0.577. The number of amides is 5. The molecule has 0 bridgehead atoms. The Morgan fingerprint density at radius 2 is 1.38 bits per heavy atom. The molecule has 0 saturated carbocycles. The number of nitrogens with one attached hydrogen (secondary N) is 5. The fourth-order valence-corrected chi connectivity index (χ4v) is 3.28. The second kappa shape index (κ2) is 13.6. The summed E-state index contributed by atoms with van der Waals surface area (Å²) in [6.45, 7) is 11.4. The van der Waals surface area contributed by atoms with E-state index in [2.05, 4.69) is 26.6 Å². The molecule has 0 fully saturated rings. The summed E-state index contributed by atoms with van der Waals surface area (Å²) in [4.78, 5) is 62.8. The molecule has 1 aromatic carbocycles. The lowest BCUT2D eigenvalue weighted by Crippen LogP contribution is -2.61. The van der Waals surface area contributed by atoms with Crippen LogP contribution in [0.25, 0.3) is 0 Å². The second-order valence-electron chi connectivity index (χ2n) is 10.4. The molecule has 5 amide bonds. The molecule has 5 N–H and O–H groups in total. The zero-order valence-electron chi connectivity index (χ0n) is 23.0. The molecule has 0 unspecified atom stereocenters. The Bertz CT molecular complexity index is 961. The first kappa shape index (κ1) is 31.4. The van der Waals surface area contributed by atoms with Crippen molar-refractivity contribution in [1.29, 1.82) is 0 Å². The van der Waals surface area contributed by atoms with Crippen LogP contribution in [-0.4, -0.2) is 59.9 Å². The molecule has 0 heterocycles. The van der Waals surface area contributed by atoms with Crippen LogP contribution in [0, 0.1) is 5.92 Å². The Morgan fingerprint density at radius 3 is 1.92 bits per heavy atom. The predicted molar refractivity (Wildman–Crippen MR) is 139 cm³/mol. The van der Waals surface area contributed by atoms with E-state index in [1.807, 2.05) is 32.0 Å². The molecule has 206 valence electrons. The maximum absolute atomic E-state index is 12.9. The highest BCUT2D eigenvalue weighted by atomic mass is 16.5. The number of ether oxygens (including phenoxy) is 1. The molecular weight excluding hydrogens is 478 g/mol. The average molecular weight is 520 g/mol. The molecule has 37 heavy (non-hydrogen) atoms. The van der Waals surface area contributed by atoms with Crippen molar-refractivity contribution in [3.63, 3.8) is 0 Å². The number of rotatable bonds is 12. The molecule has 0 aliphatic heterocycles. The zero-order chi connectivity index (χ0) is 28.4. The lowest BCUT2D eigenvalue weighted by atomic mass is 9.99. The van der Waals surface area contributed by atoms with Crippen molar-refractivity contribution >= 4 is 29.7 Å². The predicted octanol–water partition coefficient (Wildman–Crippen LogP) is 1.37. The van der Waals surface area contributed by atoms with Crippen LogP contribution < -0.4 is 26.6 Å². The summed E-state index contributed by atoms with van der Waals surface area (Å²) in [6.07, 6.45) is -0.462. The molecule has 11 nitrogen and oxygen atoms in total. The lowest BCUT2D eigenvalue weighted by molar-refractivity contribution is -0.136. The van der Waals surface area contributed by atoms with Crippen LogP contribution in [0.3, 0.4) is 0 Å². The second-order valence-corrected chi connectivity index (χ2v) is 10.4. The van der Waals surface area contributed by atoms with Crippen molar-refractivity contribution in [2.75, 3.05) is 7.05 Å². The minimum atomic E-state index is -1.38. The van der Waals surface area contributed by atoms with Gasteiger partial charge in [-0.05, 0) is 52.5 Å². The Balaban J connectivity index is 2.74. The number of carbonyl (C=O) groups is 5. The van der Waals surface area contributed by atoms with Gasteiger partial charge in [0.1, 0.15) is 29.8 Å². The van der Waals surface area contributed by atoms with Crippen molar-refractivity contribution in [2.24, 2.45) is 5.92 Å². The van der Waals surface area contributed by atoms with Gasteiger partial charge in [0.15, 0.2) is 0 Å². The van der Waals surface area contributed by atoms with E-state index in [0.29, 0.717) is 6.42 Å². The topological polar surface area (TPSA) is 155 Å². The van der Waals surface area contributed by atoms with Crippen LogP contribution in [-0.2, 0) is 30.5 Å². The van der Waals surface area contributed by atoms with E-state index in [1.165, 1.54) is 27.8 Å². The summed E-state index contributed by atoms with van der Waals surface area (Å²) >= 11 is 0. The van der Waals surface area contributed by atoms with Gasteiger partial charge in [-0.3, -0.25) is 19.2 Å². The number of likely N-dealkylation sites (N-methyl/N-ethyl adjacent to an activating group) is 1. The summed E-state index contributed by atoms with van der Waals surface area (Å²) in [5.41, 5.74) is -1.77. The van der Waals surface area contributed by atoms with Crippen LogP contribution in [0.4, 0.5) is 4.79 Å². The Hall–Kier alpha value is -3.63. The van der Waals surface area contributed by atoms with E-state index in [0.717, 1.165) is 5.56 Å². The number of benzene rings is 1. The highest BCUT2D eigenvalue weighted by Gasteiger charge is 2.35. The first-order valence-corrected chi connectivity index (χ1v) is 12.2. The van der Waals surface area contributed by atoms with E-state index in [-0.39, 0.29) is 18.4 Å². The smallest absolute Gasteiger partial charge is 0.408 e. The van der Waals surface area contributed by atoms with Crippen molar-refractivity contribution < 1.29 is 28.7 Å². The summed E-state index contributed by atoms with van der Waals surface area (Å²) < 4.78 is 5.16. The highest BCUT2D eigenvalue weighted by molar-refractivity contribution is 5.96. The van der Waals surface area contributed by atoms with Gasteiger partial charge in [0.05, 0.1) is 0 Å². The molecule has 2 atom stereocenters. The third-order valence-corrected chi connectivity index (χ3v) is 5.51. The minimum Gasteiger partial charge on any atom is -0.445 e. The van der Waals surface area contributed by atoms with Crippen molar-refractivity contribution in [3.05, 3.63) is 35.9 Å². The van der Waals surface area contributed by atoms with E-state index >= 15 is 0 Å². The largest absolute Gasteiger partial charge is 0.445 e. The van der Waals surface area contributed by atoms with Crippen molar-refractivity contribution in [3.8, 4) is 0 Å². The standard InChI is InChI=1S/C26H41N5O6/c1-16(2)14-19(21(33)30-25(4,5)22(34)27-8)29-20(32)17(3)28-23(35)26(6,7)31-24(36)37-15-18-12-10-9-11-13-18/h9-13,16-17,19H,14-15H2,1-8H3,(H,27,34)(H,28,35)(H,29,32)(H,30,33)(H,31,36)/t17-,19-/m0/s1. The lowest BCUT2D eigenvalue weighted by Gasteiger charge is -2.29. The van der Waals surface area contributed by atoms with E-state index in [1.54, 1.807) is 26.0 Å². The van der Waals surface area contributed by atoms with Gasteiger partial charge in [0.25, 0.3) is 0 Å². The number of hydrogen-bond donors (Lipinski definition) is 5. The normalized spacial score (nSPS) is 13.1. The summed E-state index contributed by atoms with van der Waals surface area (Å²) in [5, 5.41) is 12.8. The summed E-state index contributed by atoms with van der Waals surface area (Å²) in [7, 11) is 1.47. The molecule has 0 aliphatic rings. The Labute approximate surface area is 218 Å². The SMILES string of the molecule is CNC(=O)C(C)(C)NC(=O)[C@H](CC(C)C)NC(=O)[C@H](C)NC(=O)C(C)(C)NC(=O)OCc1ccccc1. The molecule has 0 radical (unpaired) electrons. The number of hydrogen-bond acceptors (Lipinski definition) is 6. The Morgan fingerprint density at radius 1 is 0.811 bits per heavy atom. The highest BCUT2D eigenvalue weighted by Crippen LogP contribution is 2.10. The number of carbonyl (C=O) groups excluding carboxylic acids is 5. The van der Waals surface area contributed by atoms with Gasteiger partial charge in [-0.25, -0.2) is 4.79 Å². The van der Waals surface area contributed by atoms with Crippen molar-refractivity contribution in [2.45, 2.75) is 84.7 Å². The number of alkyl carbamates (subject to hydrolysis) is 1. The van der Waals surface area contributed by atoms with Crippen LogP contribution in [0.5, 0.6) is 0 Å². The van der Waals surface area contributed by atoms with Gasteiger partial charge >= 0.3 is 6.09 Å². The molecular formula is C26H41N5O6. The van der Waals surface area contributed by atoms with Gasteiger partial charge < -0.3 is 31.3 Å². The van der Waals surface area contributed by atoms with Crippen LogP contribution in [0.15, 0.2) is 30.3 Å². The van der Waals surface area contributed by atoms with E-state index in [4.69, 9.17) is 4.74 Å². The summed E-state index contributed by atoms with van der Waals surface area (Å²) in [5.74, 6) is -2.04.